The number of aryl methyl sites for hydroxylation is 1. The van der Waals surface area contributed by atoms with Crippen molar-refractivity contribution >= 4 is 17.5 Å². The zero-order chi connectivity index (χ0) is 22.0. The number of rotatable bonds is 2. The molecule has 32 heavy (non-hydrogen) atoms. The zero-order valence-electron chi connectivity index (χ0n) is 17.8. The molecule has 158 valence electrons. The first-order chi connectivity index (χ1) is 15.5. The minimum Gasteiger partial charge on any atom is -0.331 e. The van der Waals surface area contributed by atoms with Crippen LogP contribution in [0.25, 0.3) is 28.1 Å². The van der Waals surface area contributed by atoms with Gasteiger partial charge in [0.2, 0.25) is 0 Å². The van der Waals surface area contributed by atoms with Gasteiger partial charge in [0.25, 0.3) is 5.91 Å². The topological polar surface area (TPSA) is 51.0 Å². The predicted octanol–water partition coefficient (Wildman–Crippen LogP) is 5.64. The summed E-state index contributed by atoms with van der Waals surface area (Å²) in [4.78, 5) is 19.8. The molecule has 1 fully saturated rings. The molecule has 2 aliphatic rings. The summed E-state index contributed by atoms with van der Waals surface area (Å²) >= 11 is 6.07. The van der Waals surface area contributed by atoms with E-state index in [9.17, 15) is 4.79 Å². The lowest BCUT2D eigenvalue weighted by Crippen LogP contribution is -2.36. The first-order valence-corrected chi connectivity index (χ1v) is 11.1. The van der Waals surface area contributed by atoms with Crippen LogP contribution in [0.3, 0.4) is 0 Å². The second-order valence-corrected chi connectivity index (χ2v) is 9.03. The number of carbonyl (C=O) groups excluding carboxylic acids is 1. The summed E-state index contributed by atoms with van der Waals surface area (Å²) in [6.07, 6.45) is 3.73. The Hall–Kier alpha value is -3.44. The quantitative estimate of drug-likeness (QED) is 0.405. The Morgan fingerprint density at radius 1 is 1.00 bits per heavy atom. The number of carbonyl (C=O) groups is 1. The van der Waals surface area contributed by atoms with Gasteiger partial charge in [-0.2, -0.15) is 5.10 Å². The summed E-state index contributed by atoms with van der Waals surface area (Å²) in [5, 5.41) is 5.57. The lowest BCUT2D eigenvalue weighted by atomic mass is 9.96. The van der Waals surface area contributed by atoms with Crippen LogP contribution in [0.4, 0.5) is 0 Å². The number of amides is 1. The van der Waals surface area contributed by atoms with Gasteiger partial charge in [0, 0.05) is 40.7 Å². The molecule has 4 aromatic rings. The Bertz CT molecular complexity index is 1390. The van der Waals surface area contributed by atoms with E-state index in [0.717, 1.165) is 52.2 Å². The van der Waals surface area contributed by atoms with Gasteiger partial charge in [-0.05, 0) is 55.7 Å². The molecule has 1 amide bonds. The van der Waals surface area contributed by atoms with Gasteiger partial charge in [-0.1, -0.05) is 41.9 Å². The van der Waals surface area contributed by atoms with Crippen LogP contribution in [0.2, 0.25) is 5.02 Å². The smallest absolute Gasteiger partial charge is 0.273 e. The average Bonchev–Trinajstić information content (AvgIpc) is 3.50. The molecule has 0 bridgehead atoms. The van der Waals surface area contributed by atoms with Crippen molar-refractivity contribution in [3.63, 3.8) is 0 Å². The van der Waals surface area contributed by atoms with Gasteiger partial charge in [-0.25, -0.2) is 4.68 Å². The predicted molar refractivity (Wildman–Crippen MR) is 125 cm³/mol. The first-order valence-electron chi connectivity index (χ1n) is 10.7. The summed E-state index contributed by atoms with van der Waals surface area (Å²) in [6.45, 7) is 2.01. The molecule has 0 atom stereocenters. The fraction of sp³-hybridized carbons (Fsp3) is 0.192. The second kappa shape index (κ2) is 6.78. The molecular formula is C26H21ClN4O. The third-order valence-electron chi connectivity index (χ3n) is 6.78. The first kappa shape index (κ1) is 19.3. The SMILES string of the molecule is Cc1ncccc1-c1ccc2c(c1)-n1nc(-c3ccc(Cl)cc3)cc1C(=O)N(C)C21CC1. The maximum Gasteiger partial charge on any atom is 0.273 e. The maximum absolute atomic E-state index is 13.5. The molecule has 3 heterocycles. The lowest BCUT2D eigenvalue weighted by Gasteiger charge is -2.27. The molecule has 1 aliphatic heterocycles. The van der Waals surface area contributed by atoms with E-state index in [1.165, 1.54) is 0 Å². The van der Waals surface area contributed by atoms with Crippen LogP contribution in [0.1, 0.15) is 34.6 Å². The van der Waals surface area contributed by atoms with E-state index in [4.69, 9.17) is 16.7 Å². The number of hydrogen-bond acceptors (Lipinski definition) is 3. The molecule has 0 unspecified atom stereocenters. The minimum atomic E-state index is -0.254. The highest BCUT2D eigenvalue weighted by atomic mass is 35.5. The van der Waals surface area contributed by atoms with Crippen LogP contribution in [0, 0.1) is 6.92 Å². The molecule has 0 N–H and O–H groups in total. The van der Waals surface area contributed by atoms with Crippen molar-refractivity contribution in [1.29, 1.82) is 0 Å². The standard InChI is InChI=1S/C26H21ClN4O/c1-16-20(4-3-13-28-16)18-7-10-21-23(14-18)31-24(25(32)30(2)26(21)11-12-26)15-22(29-31)17-5-8-19(27)9-6-17/h3-10,13-15H,11-12H2,1-2H3. The summed E-state index contributed by atoms with van der Waals surface area (Å²) in [6, 6.07) is 19.9. The molecule has 6 heteroatoms. The Morgan fingerprint density at radius 2 is 1.75 bits per heavy atom. The van der Waals surface area contributed by atoms with E-state index < -0.39 is 0 Å². The van der Waals surface area contributed by atoms with Gasteiger partial charge >= 0.3 is 0 Å². The van der Waals surface area contributed by atoms with Crippen molar-refractivity contribution in [3.05, 3.63) is 88.8 Å². The number of halogens is 1. The van der Waals surface area contributed by atoms with Crippen LogP contribution in [-0.4, -0.2) is 32.6 Å². The summed E-state index contributed by atoms with van der Waals surface area (Å²) in [7, 11) is 1.91. The molecule has 6 rings (SSSR count). The van der Waals surface area contributed by atoms with E-state index in [1.807, 2.05) is 60.0 Å². The Kier molecular flexibility index (Phi) is 4.08. The normalized spacial score (nSPS) is 16.0. The highest BCUT2D eigenvalue weighted by Gasteiger charge is 2.53. The second-order valence-electron chi connectivity index (χ2n) is 8.60. The van der Waals surface area contributed by atoms with Gasteiger partial charge in [-0.15, -0.1) is 0 Å². The number of pyridine rings is 1. The van der Waals surface area contributed by atoms with Crippen LogP contribution >= 0.6 is 11.6 Å². The number of aromatic nitrogens is 3. The van der Waals surface area contributed by atoms with Crippen molar-refractivity contribution in [2.45, 2.75) is 25.3 Å². The number of fused-ring (bicyclic) bond motifs is 4. The van der Waals surface area contributed by atoms with E-state index in [-0.39, 0.29) is 11.4 Å². The molecule has 1 spiro atoms. The fourth-order valence-corrected chi connectivity index (χ4v) is 4.93. The van der Waals surface area contributed by atoms with E-state index in [2.05, 4.69) is 29.2 Å². The molecular weight excluding hydrogens is 420 g/mol. The largest absolute Gasteiger partial charge is 0.331 e. The molecule has 1 aliphatic carbocycles. The molecule has 0 saturated heterocycles. The minimum absolute atomic E-state index is 0.00878. The molecule has 0 radical (unpaired) electrons. The number of hydrogen-bond donors (Lipinski definition) is 0. The fourth-order valence-electron chi connectivity index (χ4n) is 4.81. The van der Waals surface area contributed by atoms with Crippen LogP contribution in [0.5, 0.6) is 0 Å². The van der Waals surface area contributed by atoms with Gasteiger partial charge in [0.1, 0.15) is 5.69 Å². The van der Waals surface area contributed by atoms with Crippen molar-refractivity contribution < 1.29 is 4.79 Å². The van der Waals surface area contributed by atoms with Gasteiger partial charge in [0.15, 0.2) is 0 Å². The molecule has 2 aromatic carbocycles. The van der Waals surface area contributed by atoms with Crippen molar-refractivity contribution in [3.8, 4) is 28.1 Å². The molecule has 1 saturated carbocycles. The van der Waals surface area contributed by atoms with Crippen LogP contribution < -0.4 is 0 Å². The molecule has 5 nitrogen and oxygen atoms in total. The highest BCUT2D eigenvalue weighted by molar-refractivity contribution is 6.30. The zero-order valence-corrected chi connectivity index (χ0v) is 18.6. The Labute approximate surface area is 191 Å². The summed E-state index contributed by atoms with van der Waals surface area (Å²) in [5.41, 5.74) is 7.20. The lowest BCUT2D eigenvalue weighted by molar-refractivity contribution is 0.0704. The van der Waals surface area contributed by atoms with Gasteiger partial charge in [0.05, 0.1) is 16.9 Å². The Balaban J connectivity index is 1.59. The van der Waals surface area contributed by atoms with Gasteiger partial charge < -0.3 is 4.90 Å². The van der Waals surface area contributed by atoms with Crippen molar-refractivity contribution in [2.75, 3.05) is 7.05 Å². The number of benzene rings is 2. The summed E-state index contributed by atoms with van der Waals surface area (Å²) < 4.78 is 1.82. The summed E-state index contributed by atoms with van der Waals surface area (Å²) in [5.74, 6) is -0.00878. The third-order valence-corrected chi connectivity index (χ3v) is 7.04. The van der Waals surface area contributed by atoms with E-state index in [1.54, 1.807) is 6.20 Å². The van der Waals surface area contributed by atoms with E-state index >= 15 is 0 Å². The van der Waals surface area contributed by atoms with Crippen molar-refractivity contribution in [1.82, 2.24) is 19.7 Å². The third kappa shape index (κ3) is 2.74. The monoisotopic (exact) mass is 440 g/mol. The maximum atomic E-state index is 13.5. The van der Waals surface area contributed by atoms with Crippen LogP contribution in [0.15, 0.2) is 66.9 Å². The average molecular weight is 441 g/mol. The highest BCUT2D eigenvalue weighted by Crippen LogP contribution is 2.54. The number of nitrogens with zero attached hydrogens (tertiary/aromatic N) is 4. The van der Waals surface area contributed by atoms with Gasteiger partial charge in [-0.3, -0.25) is 9.78 Å². The molecule has 2 aromatic heterocycles. The Morgan fingerprint density at radius 3 is 2.47 bits per heavy atom. The van der Waals surface area contributed by atoms with Crippen molar-refractivity contribution in [2.24, 2.45) is 0 Å². The van der Waals surface area contributed by atoms with E-state index in [0.29, 0.717) is 10.7 Å². The van der Waals surface area contributed by atoms with Crippen LogP contribution in [-0.2, 0) is 5.54 Å².